The van der Waals surface area contributed by atoms with Crippen LogP contribution in [0.15, 0.2) is 54.6 Å². The summed E-state index contributed by atoms with van der Waals surface area (Å²) >= 11 is 0. The molecule has 0 fully saturated rings. The van der Waals surface area contributed by atoms with Crippen LogP contribution in [0.4, 0.5) is 0 Å². The number of nitrogens with one attached hydrogen (secondary N) is 1. The number of rotatable bonds is 7. The second-order valence-corrected chi connectivity index (χ2v) is 8.55. The summed E-state index contributed by atoms with van der Waals surface area (Å²) < 4.78 is 30.0. The highest BCUT2D eigenvalue weighted by atomic mass is 32.2. The molecule has 3 N–H and O–H groups in total. The number of carbonyl (C=O) groups is 1. The van der Waals surface area contributed by atoms with Crippen molar-refractivity contribution in [1.82, 2.24) is 5.32 Å². The molecule has 6 nitrogen and oxygen atoms in total. The van der Waals surface area contributed by atoms with E-state index in [2.05, 4.69) is 5.32 Å². The zero-order chi connectivity index (χ0) is 18.6. The molecule has 1 amide bonds. The maximum Gasteiger partial charge on any atom is 0.240 e. The number of nitrogens with two attached hydrogens (primary N) is 1. The number of para-hydroxylation sites is 1. The van der Waals surface area contributed by atoms with Crippen LogP contribution in [0.25, 0.3) is 0 Å². The van der Waals surface area contributed by atoms with Crippen LogP contribution in [0.5, 0.6) is 5.75 Å². The third-order valence-electron chi connectivity index (χ3n) is 4.32. The molecule has 26 heavy (non-hydrogen) atoms. The number of amides is 1. The first-order chi connectivity index (χ1) is 12.4. The summed E-state index contributed by atoms with van der Waals surface area (Å²) in [7, 11) is -3.31. The van der Waals surface area contributed by atoms with Crippen molar-refractivity contribution in [2.75, 3.05) is 12.3 Å². The van der Waals surface area contributed by atoms with E-state index in [4.69, 9.17) is 10.5 Å². The van der Waals surface area contributed by atoms with Crippen LogP contribution >= 0.6 is 0 Å². The molecule has 0 aromatic heterocycles. The van der Waals surface area contributed by atoms with Crippen LogP contribution in [-0.2, 0) is 26.8 Å². The van der Waals surface area contributed by atoms with Crippen LogP contribution < -0.4 is 15.8 Å². The van der Waals surface area contributed by atoms with Crippen LogP contribution in [0, 0.1) is 0 Å². The summed E-state index contributed by atoms with van der Waals surface area (Å²) in [5.74, 6) is 0.159. The Balaban J connectivity index is 1.47. The Morgan fingerprint density at radius 1 is 1.15 bits per heavy atom. The number of fused-ring (bicyclic) bond motifs is 1. The van der Waals surface area contributed by atoms with E-state index in [1.165, 1.54) is 0 Å². The van der Waals surface area contributed by atoms with Crippen molar-refractivity contribution in [1.29, 1.82) is 0 Å². The molecule has 0 radical (unpaired) electrons. The Hall–Kier alpha value is -2.38. The Morgan fingerprint density at radius 2 is 1.85 bits per heavy atom. The minimum absolute atomic E-state index is 0.0291. The molecule has 2 aromatic carbocycles. The van der Waals surface area contributed by atoms with E-state index >= 15 is 0 Å². The summed E-state index contributed by atoms with van der Waals surface area (Å²) in [5, 5.41) is 2.60. The Morgan fingerprint density at radius 3 is 2.58 bits per heavy atom. The number of hydrogen-bond donors (Lipinski definition) is 2. The van der Waals surface area contributed by atoms with Crippen molar-refractivity contribution >= 4 is 15.7 Å². The summed E-state index contributed by atoms with van der Waals surface area (Å²) in [6.07, 6.45) is 0.130. The lowest BCUT2D eigenvalue weighted by atomic mass is 10.0. The van der Waals surface area contributed by atoms with Crippen LogP contribution in [-0.4, -0.2) is 38.8 Å². The molecule has 1 aliphatic rings. The average Bonchev–Trinajstić information content (AvgIpc) is 3.05. The molecule has 0 unspecified atom stereocenters. The molecule has 2 atom stereocenters. The normalized spacial score (nSPS) is 17.2. The molecule has 3 rings (SSSR count). The first-order valence-electron chi connectivity index (χ1n) is 8.47. The predicted molar refractivity (Wildman–Crippen MR) is 99.5 cm³/mol. The van der Waals surface area contributed by atoms with Gasteiger partial charge in [-0.05, 0) is 17.2 Å². The van der Waals surface area contributed by atoms with E-state index in [-0.39, 0.29) is 18.1 Å². The van der Waals surface area contributed by atoms with E-state index in [1.54, 1.807) is 24.3 Å². The van der Waals surface area contributed by atoms with Gasteiger partial charge in [-0.2, -0.15) is 0 Å². The molecular weight excluding hydrogens is 352 g/mol. The van der Waals surface area contributed by atoms with Gasteiger partial charge in [-0.25, -0.2) is 8.42 Å². The number of ether oxygens (including phenoxy) is 1. The lowest BCUT2D eigenvalue weighted by Gasteiger charge is -2.18. The van der Waals surface area contributed by atoms with Crippen molar-refractivity contribution in [2.45, 2.75) is 24.3 Å². The first-order valence-corrected chi connectivity index (χ1v) is 10.3. The lowest BCUT2D eigenvalue weighted by molar-refractivity contribution is -0.124. The van der Waals surface area contributed by atoms with Gasteiger partial charge in [0.25, 0.3) is 0 Å². The minimum Gasteiger partial charge on any atom is -0.488 e. The second-order valence-electron chi connectivity index (χ2n) is 6.36. The van der Waals surface area contributed by atoms with E-state index in [1.807, 2.05) is 30.3 Å². The van der Waals surface area contributed by atoms with Crippen LogP contribution in [0.1, 0.15) is 11.1 Å². The molecule has 0 saturated carbocycles. The van der Waals surface area contributed by atoms with E-state index in [0.717, 1.165) is 16.9 Å². The second kappa shape index (κ2) is 7.88. The van der Waals surface area contributed by atoms with Gasteiger partial charge in [-0.3, -0.25) is 4.79 Å². The van der Waals surface area contributed by atoms with Gasteiger partial charge in [-0.15, -0.1) is 0 Å². The number of benzene rings is 2. The maximum atomic E-state index is 12.2. The summed E-state index contributed by atoms with van der Waals surface area (Å²) in [5.41, 5.74) is 7.74. The van der Waals surface area contributed by atoms with E-state index < -0.39 is 27.9 Å². The molecule has 2 aromatic rings. The van der Waals surface area contributed by atoms with Crippen molar-refractivity contribution < 1.29 is 17.9 Å². The van der Waals surface area contributed by atoms with Crippen molar-refractivity contribution in [2.24, 2.45) is 5.73 Å². The summed E-state index contributed by atoms with van der Waals surface area (Å²) in [4.78, 5) is 12.2. The topological polar surface area (TPSA) is 98.5 Å². The fraction of sp³-hybridized carbons (Fsp3) is 0.316. The van der Waals surface area contributed by atoms with Gasteiger partial charge in [-0.1, -0.05) is 48.5 Å². The molecule has 138 valence electrons. The Labute approximate surface area is 153 Å². The quantitative estimate of drug-likeness (QED) is 0.755. The molecule has 0 saturated heterocycles. The number of hydrogen-bond acceptors (Lipinski definition) is 5. The van der Waals surface area contributed by atoms with Gasteiger partial charge in [0.15, 0.2) is 9.84 Å². The summed E-state index contributed by atoms with van der Waals surface area (Å²) in [6.45, 7) is 0.0291. The number of carbonyl (C=O) groups excluding carboxylic acids is 1. The zero-order valence-electron chi connectivity index (χ0n) is 14.3. The van der Waals surface area contributed by atoms with Crippen molar-refractivity contribution in [3.8, 4) is 5.75 Å². The highest BCUT2D eigenvalue weighted by molar-refractivity contribution is 7.90. The molecule has 1 aliphatic heterocycles. The fourth-order valence-electron chi connectivity index (χ4n) is 2.93. The molecule has 0 aliphatic carbocycles. The first kappa shape index (κ1) is 18.4. The SMILES string of the molecule is N[C@H](C(=O)NCCS(=O)(=O)Cc1ccccc1)[C@@H]1Cc2ccccc2O1. The van der Waals surface area contributed by atoms with Gasteiger partial charge in [0.2, 0.25) is 5.91 Å². The molecule has 0 spiro atoms. The van der Waals surface area contributed by atoms with E-state index in [0.29, 0.717) is 6.42 Å². The van der Waals surface area contributed by atoms with Gasteiger partial charge < -0.3 is 15.8 Å². The van der Waals surface area contributed by atoms with Crippen molar-refractivity contribution in [3.63, 3.8) is 0 Å². The third kappa shape index (κ3) is 4.62. The van der Waals surface area contributed by atoms with Crippen LogP contribution in [0.3, 0.4) is 0 Å². The molecule has 7 heteroatoms. The van der Waals surface area contributed by atoms with Gasteiger partial charge >= 0.3 is 0 Å². The number of sulfone groups is 1. The van der Waals surface area contributed by atoms with Gasteiger partial charge in [0.05, 0.1) is 11.5 Å². The van der Waals surface area contributed by atoms with Crippen LogP contribution in [0.2, 0.25) is 0 Å². The highest BCUT2D eigenvalue weighted by Gasteiger charge is 2.32. The predicted octanol–water partition coefficient (Wildman–Crippen LogP) is 1.05. The van der Waals surface area contributed by atoms with E-state index in [9.17, 15) is 13.2 Å². The molecule has 0 bridgehead atoms. The lowest BCUT2D eigenvalue weighted by Crippen LogP contribution is -2.50. The molecule has 1 heterocycles. The largest absolute Gasteiger partial charge is 0.488 e. The fourth-order valence-corrected chi connectivity index (χ4v) is 4.18. The van der Waals surface area contributed by atoms with Crippen molar-refractivity contribution in [3.05, 3.63) is 65.7 Å². The monoisotopic (exact) mass is 374 g/mol. The Bertz CT molecular complexity index is 843. The third-order valence-corrected chi connectivity index (χ3v) is 5.92. The van der Waals surface area contributed by atoms with Gasteiger partial charge in [0.1, 0.15) is 17.9 Å². The smallest absolute Gasteiger partial charge is 0.240 e. The zero-order valence-corrected chi connectivity index (χ0v) is 15.1. The summed E-state index contributed by atoms with van der Waals surface area (Å²) in [6, 6.07) is 15.7. The average molecular weight is 374 g/mol. The van der Waals surface area contributed by atoms with Gasteiger partial charge in [0, 0.05) is 13.0 Å². The maximum absolute atomic E-state index is 12.2. The standard InChI is InChI=1S/C19H22N2O4S/c20-18(17-12-15-8-4-5-9-16(15)25-17)19(22)21-10-11-26(23,24)13-14-6-2-1-3-7-14/h1-9,17-18H,10-13,20H2,(H,21,22)/t17-,18-/m0/s1. The Kier molecular flexibility index (Phi) is 5.58. The minimum atomic E-state index is -3.31. The molecular formula is C19H22N2O4S. The highest BCUT2D eigenvalue weighted by Crippen LogP contribution is 2.29.